The van der Waals surface area contributed by atoms with Crippen LogP contribution in [0, 0.1) is 0 Å². The van der Waals surface area contributed by atoms with Gasteiger partial charge in [-0.3, -0.25) is 4.99 Å². The van der Waals surface area contributed by atoms with E-state index in [2.05, 4.69) is 70.8 Å². The maximum atomic E-state index is 4.41. The van der Waals surface area contributed by atoms with Gasteiger partial charge in [0.25, 0.3) is 0 Å². The third kappa shape index (κ3) is 7.70. The molecule has 0 atom stereocenters. The molecule has 1 aromatic heterocycles. The molecule has 25 heavy (non-hydrogen) atoms. The van der Waals surface area contributed by atoms with Crippen LogP contribution >= 0.6 is 35.3 Å². The molecule has 2 rings (SSSR count). The first-order chi connectivity index (χ1) is 11.6. The molecular weight excluding hydrogens is 445 g/mol. The molecule has 0 unspecified atom stereocenters. The summed E-state index contributed by atoms with van der Waals surface area (Å²) in [5, 5.41) is 7.74. The summed E-state index contributed by atoms with van der Waals surface area (Å²) in [5.74, 6) is 0.792. The molecule has 0 aliphatic heterocycles. The molecule has 2 N–H and O–H groups in total. The van der Waals surface area contributed by atoms with Gasteiger partial charge >= 0.3 is 0 Å². The standard InChI is InChI=1S/C18H27N5S.HI/c1-5-16-11-20-17(24-16)12-22-18(19-2)21-10-14-6-8-15(9-7-14)13-23(3)4;/h6-9,11H,5,10,12-13H2,1-4H3,(H2,19,21,22);1H. The molecule has 0 amide bonds. The molecule has 0 bridgehead atoms. The van der Waals surface area contributed by atoms with Gasteiger partial charge in [-0.25, -0.2) is 4.98 Å². The van der Waals surface area contributed by atoms with E-state index in [0.29, 0.717) is 6.54 Å². The largest absolute Gasteiger partial charge is 0.352 e. The van der Waals surface area contributed by atoms with Crippen molar-refractivity contribution in [3.8, 4) is 0 Å². The smallest absolute Gasteiger partial charge is 0.191 e. The van der Waals surface area contributed by atoms with Gasteiger partial charge in [0.15, 0.2) is 5.96 Å². The monoisotopic (exact) mass is 473 g/mol. The Morgan fingerprint density at radius 2 is 1.76 bits per heavy atom. The first-order valence-electron chi connectivity index (χ1n) is 8.21. The van der Waals surface area contributed by atoms with Crippen molar-refractivity contribution in [1.29, 1.82) is 0 Å². The van der Waals surface area contributed by atoms with Gasteiger partial charge in [0.05, 0.1) is 6.54 Å². The van der Waals surface area contributed by atoms with Crippen molar-refractivity contribution in [2.75, 3.05) is 21.1 Å². The fourth-order valence-electron chi connectivity index (χ4n) is 2.29. The average molecular weight is 473 g/mol. The van der Waals surface area contributed by atoms with Crippen LogP contribution < -0.4 is 10.6 Å². The molecule has 0 aliphatic rings. The molecule has 1 heterocycles. The molecule has 0 aliphatic carbocycles. The van der Waals surface area contributed by atoms with Crippen LogP contribution in [0.25, 0.3) is 0 Å². The SMILES string of the molecule is CCc1cnc(CNC(=NC)NCc2ccc(CN(C)C)cc2)s1.I. The highest BCUT2D eigenvalue weighted by molar-refractivity contribution is 14.0. The van der Waals surface area contributed by atoms with Gasteiger partial charge < -0.3 is 15.5 Å². The fraction of sp³-hybridized carbons (Fsp3) is 0.444. The van der Waals surface area contributed by atoms with Gasteiger partial charge in [-0.1, -0.05) is 31.2 Å². The Bertz CT molecular complexity index is 652. The highest BCUT2D eigenvalue weighted by Crippen LogP contribution is 2.12. The Kier molecular flexibility index (Phi) is 9.99. The topological polar surface area (TPSA) is 52.6 Å². The van der Waals surface area contributed by atoms with E-state index >= 15 is 0 Å². The quantitative estimate of drug-likeness (QED) is 0.369. The van der Waals surface area contributed by atoms with Crippen LogP contribution in [-0.2, 0) is 26.1 Å². The number of halogens is 1. The second-order valence-electron chi connectivity index (χ2n) is 5.91. The molecule has 0 radical (unpaired) electrons. The summed E-state index contributed by atoms with van der Waals surface area (Å²) in [6, 6.07) is 8.67. The molecule has 7 heteroatoms. The Balaban J connectivity index is 0.00000312. The molecule has 0 spiro atoms. The van der Waals surface area contributed by atoms with Gasteiger partial charge in [0, 0.05) is 31.2 Å². The summed E-state index contributed by atoms with van der Waals surface area (Å²) in [7, 11) is 5.95. The highest BCUT2D eigenvalue weighted by Gasteiger charge is 2.03. The number of rotatable bonds is 7. The van der Waals surface area contributed by atoms with Gasteiger partial charge in [-0.05, 0) is 31.6 Å². The third-order valence-corrected chi connectivity index (χ3v) is 4.70. The number of guanidine groups is 1. The number of hydrogen-bond acceptors (Lipinski definition) is 4. The van der Waals surface area contributed by atoms with Crippen molar-refractivity contribution < 1.29 is 0 Å². The van der Waals surface area contributed by atoms with Gasteiger partial charge in [0.1, 0.15) is 5.01 Å². The number of thiazole rings is 1. The average Bonchev–Trinajstić information content (AvgIpc) is 3.04. The van der Waals surface area contributed by atoms with E-state index in [9.17, 15) is 0 Å². The van der Waals surface area contributed by atoms with Crippen LogP contribution in [-0.4, -0.2) is 37.0 Å². The summed E-state index contributed by atoms with van der Waals surface area (Å²) in [5.41, 5.74) is 2.56. The zero-order valence-corrected chi connectivity index (χ0v) is 18.5. The summed E-state index contributed by atoms with van der Waals surface area (Å²) < 4.78 is 0. The molecule has 2 aromatic rings. The van der Waals surface area contributed by atoms with Crippen LogP contribution in [0.4, 0.5) is 0 Å². The van der Waals surface area contributed by atoms with Gasteiger partial charge in [-0.15, -0.1) is 35.3 Å². The second-order valence-corrected chi connectivity index (χ2v) is 7.11. The zero-order chi connectivity index (χ0) is 17.4. The number of aromatic nitrogens is 1. The van der Waals surface area contributed by atoms with E-state index in [1.54, 1.807) is 18.4 Å². The van der Waals surface area contributed by atoms with Crippen LogP contribution in [0.1, 0.15) is 27.9 Å². The van der Waals surface area contributed by atoms with E-state index in [1.807, 2.05) is 6.20 Å². The van der Waals surface area contributed by atoms with Gasteiger partial charge in [0.2, 0.25) is 0 Å². The number of hydrogen-bond donors (Lipinski definition) is 2. The number of nitrogens with one attached hydrogen (secondary N) is 2. The fourth-order valence-corrected chi connectivity index (χ4v) is 3.09. The molecule has 0 saturated carbocycles. The Hall–Kier alpha value is -1.19. The molecule has 0 fully saturated rings. The summed E-state index contributed by atoms with van der Waals surface area (Å²) >= 11 is 1.75. The van der Waals surface area contributed by atoms with Crippen LogP contribution in [0.3, 0.4) is 0 Å². The van der Waals surface area contributed by atoms with Crippen molar-refractivity contribution >= 4 is 41.3 Å². The lowest BCUT2D eigenvalue weighted by Crippen LogP contribution is -2.36. The summed E-state index contributed by atoms with van der Waals surface area (Å²) in [6.07, 6.45) is 2.99. The molecule has 1 aromatic carbocycles. The normalized spacial score (nSPS) is 11.3. The minimum atomic E-state index is 0. The summed E-state index contributed by atoms with van der Waals surface area (Å²) in [6.45, 7) is 4.56. The number of nitrogens with zero attached hydrogens (tertiary/aromatic N) is 3. The van der Waals surface area contributed by atoms with E-state index in [0.717, 1.165) is 30.5 Å². The highest BCUT2D eigenvalue weighted by atomic mass is 127. The Labute approximate surface area is 172 Å². The van der Waals surface area contributed by atoms with E-state index < -0.39 is 0 Å². The lowest BCUT2D eigenvalue weighted by molar-refractivity contribution is 0.402. The van der Waals surface area contributed by atoms with Crippen molar-refractivity contribution in [3.05, 3.63) is 51.5 Å². The van der Waals surface area contributed by atoms with E-state index in [4.69, 9.17) is 0 Å². The molecule has 0 saturated heterocycles. The minimum Gasteiger partial charge on any atom is -0.352 e. The Morgan fingerprint density at radius 1 is 1.12 bits per heavy atom. The van der Waals surface area contributed by atoms with Gasteiger partial charge in [-0.2, -0.15) is 0 Å². The first-order valence-corrected chi connectivity index (χ1v) is 9.03. The zero-order valence-electron chi connectivity index (χ0n) is 15.4. The predicted molar refractivity (Wildman–Crippen MR) is 118 cm³/mol. The van der Waals surface area contributed by atoms with Crippen molar-refractivity contribution in [1.82, 2.24) is 20.5 Å². The van der Waals surface area contributed by atoms with Crippen LogP contribution in [0.15, 0.2) is 35.5 Å². The third-order valence-electron chi connectivity index (χ3n) is 3.56. The van der Waals surface area contributed by atoms with Crippen molar-refractivity contribution in [2.45, 2.75) is 33.0 Å². The number of aryl methyl sites for hydroxylation is 1. The maximum absolute atomic E-state index is 4.41. The Morgan fingerprint density at radius 3 is 2.32 bits per heavy atom. The van der Waals surface area contributed by atoms with Crippen LogP contribution in [0.2, 0.25) is 0 Å². The van der Waals surface area contributed by atoms with Crippen LogP contribution in [0.5, 0.6) is 0 Å². The maximum Gasteiger partial charge on any atom is 0.191 e. The summed E-state index contributed by atoms with van der Waals surface area (Å²) in [4.78, 5) is 12.2. The lowest BCUT2D eigenvalue weighted by atomic mass is 10.1. The first kappa shape index (κ1) is 21.9. The van der Waals surface area contributed by atoms with E-state index in [-0.39, 0.29) is 24.0 Å². The second kappa shape index (κ2) is 11.4. The molecule has 138 valence electrons. The predicted octanol–water partition coefficient (Wildman–Crippen LogP) is 3.25. The van der Waals surface area contributed by atoms with Crippen molar-refractivity contribution in [2.24, 2.45) is 4.99 Å². The number of benzene rings is 1. The molecular formula is C18H28IN5S. The number of aliphatic imine (C=N–C) groups is 1. The van der Waals surface area contributed by atoms with Crippen molar-refractivity contribution in [3.63, 3.8) is 0 Å². The minimum absolute atomic E-state index is 0. The molecule has 5 nitrogen and oxygen atoms in total. The lowest BCUT2D eigenvalue weighted by Gasteiger charge is -2.12. The van der Waals surface area contributed by atoms with E-state index in [1.165, 1.54) is 16.0 Å².